The lowest BCUT2D eigenvalue weighted by Crippen LogP contribution is -2.39. The third-order valence-corrected chi connectivity index (χ3v) is 4.37. The smallest absolute Gasteiger partial charge is 0.288 e. The van der Waals surface area contributed by atoms with Gasteiger partial charge in [-0.15, -0.1) is 0 Å². The van der Waals surface area contributed by atoms with Crippen molar-refractivity contribution in [3.05, 3.63) is 64.4 Å². The summed E-state index contributed by atoms with van der Waals surface area (Å²) >= 11 is 5.59. The van der Waals surface area contributed by atoms with Crippen LogP contribution in [0.5, 0.6) is 0 Å². The van der Waals surface area contributed by atoms with Gasteiger partial charge in [-0.05, 0) is 23.8 Å². The Hall–Kier alpha value is -2.73. The number of benzene rings is 2. The number of para-hydroxylation sites is 1. The fourth-order valence-corrected chi connectivity index (χ4v) is 2.87. The molecule has 128 valence electrons. The van der Waals surface area contributed by atoms with Gasteiger partial charge in [0.25, 0.3) is 11.8 Å². The minimum atomic E-state index is -0.903. The molecule has 0 spiro atoms. The first-order valence-corrected chi connectivity index (χ1v) is 7.90. The number of halogens is 2. The van der Waals surface area contributed by atoms with Gasteiger partial charge < -0.3 is 10.2 Å². The second-order valence-corrected chi connectivity index (χ2v) is 6.12. The summed E-state index contributed by atoms with van der Waals surface area (Å²) in [5.74, 6) is -2.63. The molecule has 0 saturated heterocycles. The average molecular weight is 361 g/mol. The number of rotatable bonds is 4. The maximum atomic E-state index is 13.4. The molecule has 1 N–H and O–H groups in total. The number of carbonyl (C=O) groups is 3. The molecule has 2 amide bonds. The number of nitrogens with zero attached hydrogens (tertiary/aromatic N) is 1. The van der Waals surface area contributed by atoms with Crippen LogP contribution in [0.15, 0.2) is 42.5 Å². The van der Waals surface area contributed by atoms with Crippen LogP contribution in [0.4, 0.5) is 10.1 Å². The molecular formula is C18H14ClFN2O3. The Balaban J connectivity index is 1.72. The number of likely N-dealkylation sites (N-methyl/N-ethyl adjacent to an activating group) is 1. The fraction of sp³-hybridized carbons (Fsp3) is 0.167. The van der Waals surface area contributed by atoms with Crippen molar-refractivity contribution in [3.8, 4) is 0 Å². The number of fused-ring (bicyclic) bond motifs is 1. The second-order valence-electron chi connectivity index (χ2n) is 5.71. The molecule has 2 aromatic rings. The van der Waals surface area contributed by atoms with E-state index in [-0.39, 0.29) is 17.4 Å². The van der Waals surface area contributed by atoms with Crippen molar-refractivity contribution in [2.75, 3.05) is 11.9 Å². The van der Waals surface area contributed by atoms with Gasteiger partial charge in [-0.1, -0.05) is 35.9 Å². The monoisotopic (exact) mass is 360 g/mol. The average Bonchev–Trinajstić information content (AvgIpc) is 2.83. The van der Waals surface area contributed by atoms with E-state index >= 15 is 0 Å². The van der Waals surface area contributed by atoms with E-state index in [9.17, 15) is 18.8 Å². The molecule has 0 saturated carbocycles. The van der Waals surface area contributed by atoms with Crippen LogP contribution in [-0.4, -0.2) is 24.6 Å². The number of carbonyl (C=O) groups excluding carboxylic acids is 3. The molecule has 1 heterocycles. The van der Waals surface area contributed by atoms with Gasteiger partial charge in [0.2, 0.25) is 5.78 Å². The Morgan fingerprint density at radius 2 is 1.96 bits per heavy atom. The highest BCUT2D eigenvalue weighted by atomic mass is 35.5. The van der Waals surface area contributed by atoms with E-state index in [1.54, 1.807) is 31.3 Å². The minimum absolute atomic E-state index is 0.0585. The molecule has 3 rings (SSSR count). The maximum absolute atomic E-state index is 13.4. The van der Waals surface area contributed by atoms with Crippen LogP contribution >= 0.6 is 11.6 Å². The molecule has 5 nitrogen and oxygen atoms in total. The minimum Gasteiger partial charge on any atom is -0.334 e. The molecular weight excluding hydrogens is 347 g/mol. The third kappa shape index (κ3) is 3.25. The number of anilines is 1. The Morgan fingerprint density at radius 1 is 1.24 bits per heavy atom. The SMILES string of the molecule is CN1C(=O)C(NC(=O)C(=O)Cc2ccc(Cl)c(F)c2)c2ccccc21. The first kappa shape index (κ1) is 17.1. The summed E-state index contributed by atoms with van der Waals surface area (Å²) < 4.78 is 13.4. The zero-order chi connectivity index (χ0) is 18.1. The Kier molecular flexibility index (Phi) is 4.55. The molecule has 0 radical (unpaired) electrons. The van der Waals surface area contributed by atoms with E-state index in [0.29, 0.717) is 16.8 Å². The van der Waals surface area contributed by atoms with Crippen LogP contribution in [0.3, 0.4) is 0 Å². The molecule has 0 aromatic heterocycles. The molecule has 1 atom stereocenters. The van der Waals surface area contributed by atoms with Gasteiger partial charge in [0.1, 0.15) is 11.9 Å². The highest BCUT2D eigenvalue weighted by Crippen LogP contribution is 2.34. The van der Waals surface area contributed by atoms with Crippen LogP contribution in [0.2, 0.25) is 5.02 Å². The maximum Gasteiger partial charge on any atom is 0.288 e. The molecule has 1 aliphatic heterocycles. The van der Waals surface area contributed by atoms with Crippen molar-refractivity contribution in [1.82, 2.24) is 5.32 Å². The fourth-order valence-electron chi connectivity index (χ4n) is 2.75. The zero-order valence-corrected chi connectivity index (χ0v) is 14.0. The molecule has 0 bridgehead atoms. The van der Waals surface area contributed by atoms with Crippen molar-refractivity contribution in [1.29, 1.82) is 0 Å². The lowest BCUT2D eigenvalue weighted by Gasteiger charge is -2.12. The standard InChI is InChI=1S/C18H14ClFN2O3/c1-22-14-5-3-2-4-11(14)16(18(22)25)21-17(24)15(23)9-10-6-7-12(19)13(20)8-10/h2-8,16H,9H2,1H3,(H,21,24). The van der Waals surface area contributed by atoms with Gasteiger partial charge in [0, 0.05) is 24.7 Å². The van der Waals surface area contributed by atoms with Gasteiger partial charge in [-0.3, -0.25) is 14.4 Å². The van der Waals surface area contributed by atoms with E-state index in [2.05, 4.69) is 5.32 Å². The van der Waals surface area contributed by atoms with Crippen molar-refractivity contribution < 1.29 is 18.8 Å². The molecule has 0 fully saturated rings. The summed E-state index contributed by atoms with van der Waals surface area (Å²) in [7, 11) is 1.60. The molecule has 7 heteroatoms. The van der Waals surface area contributed by atoms with Crippen molar-refractivity contribution >= 4 is 34.9 Å². The van der Waals surface area contributed by atoms with E-state index < -0.39 is 23.5 Å². The Morgan fingerprint density at radius 3 is 2.68 bits per heavy atom. The number of hydrogen-bond acceptors (Lipinski definition) is 3. The van der Waals surface area contributed by atoms with Gasteiger partial charge >= 0.3 is 0 Å². The van der Waals surface area contributed by atoms with Crippen LogP contribution < -0.4 is 10.2 Å². The number of amides is 2. The van der Waals surface area contributed by atoms with Crippen molar-refractivity contribution in [2.45, 2.75) is 12.5 Å². The molecule has 1 aliphatic rings. The first-order chi connectivity index (χ1) is 11.9. The Bertz CT molecular complexity index is 884. The van der Waals surface area contributed by atoms with E-state index in [0.717, 1.165) is 6.07 Å². The van der Waals surface area contributed by atoms with E-state index in [1.807, 2.05) is 0 Å². The molecule has 0 aliphatic carbocycles. The van der Waals surface area contributed by atoms with Gasteiger partial charge in [-0.2, -0.15) is 0 Å². The van der Waals surface area contributed by atoms with Crippen LogP contribution in [0, 0.1) is 5.82 Å². The van der Waals surface area contributed by atoms with Gasteiger partial charge in [0.05, 0.1) is 5.02 Å². The third-order valence-electron chi connectivity index (χ3n) is 4.06. The summed E-state index contributed by atoms with van der Waals surface area (Å²) in [6, 6.07) is 10.0. The molecule has 25 heavy (non-hydrogen) atoms. The summed E-state index contributed by atoms with van der Waals surface area (Å²) in [5, 5.41) is 2.40. The summed E-state index contributed by atoms with van der Waals surface area (Å²) in [6.07, 6.45) is -0.279. The van der Waals surface area contributed by atoms with E-state index in [1.165, 1.54) is 17.0 Å². The lowest BCUT2D eigenvalue weighted by atomic mass is 10.1. The summed E-state index contributed by atoms with van der Waals surface area (Å²) in [5.41, 5.74) is 1.65. The zero-order valence-electron chi connectivity index (χ0n) is 13.3. The quantitative estimate of drug-likeness (QED) is 0.851. The normalized spacial score (nSPS) is 15.9. The first-order valence-electron chi connectivity index (χ1n) is 7.52. The van der Waals surface area contributed by atoms with Crippen LogP contribution in [-0.2, 0) is 20.8 Å². The lowest BCUT2D eigenvalue weighted by molar-refractivity contribution is -0.138. The van der Waals surface area contributed by atoms with E-state index in [4.69, 9.17) is 11.6 Å². The van der Waals surface area contributed by atoms with Crippen molar-refractivity contribution in [2.24, 2.45) is 0 Å². The highest BCUT2D eigenvalue weighted by molar-refractivity contribution is 6.37. The number of ketones is 1. The number of nitrogens with one attached hydrogen (secondary N) is 1. The summed E-state index contributed by atoms with van der Waals surface area (Å²) in [6.45, 7) is 0. The molecule has 2 aromatic carbocycles. The number of Topliss-reactive ketones (excluding diaryl/α,β-unsaturated/α-hetero) is 1. The number of hydrogen-bond donors (Lipinski definition) is 1. The summed E-state index contributed by atoms with van der Waals surface area (Å²) in [4.78, 5) is 38.0. The highest BCUT2D eigenvalue weighted by Gasteiger charge is 2.36. The largest absolute Gasteiger partial charge is 0.334 e. The molecule has 1 unspecified atom stereocenters. The van der Waals surface area contributed by atoms with Gasteiger partial charge in [0.15, 0.2) is 0 Å². The second kappa shape index (κ2) is 6.64. The van der Waals surface area contributed by atoms with Crippen molar-refractivity contribution in [3.63, 3.8) is 0 Å². The predicted octanol–water partition coefficient (Wildman–Crippen LogP) is 2.42. The Labute approximate surface area is 148 Å². The van der Waals surface area contributed by atoms with Crippen LogP contribution in [0.1, 0.15) is 17.2 Å². The predicted molar refractivity (Wildman–Crippen MR) is 90.9 cm³/mol. The van der Waals surface area contributed by atoms with Crippen LogP contribution in [0.25, 0.3) is 0 Å². The van der Waals surface area contributed by atoms with Gasteiger partial charge in [-0.25, -0.2) is 4.39 Å². The topological polar surface area (TPSA) is 66.5 Å².